The van der Waals surface area contributed by atoms with Crippen LogP contribution in [0, 0.1) is 17.8 Å². The van der Waals surface area contributed by atoms with E-state index >= 15 is 0 Å². The van der Waals surface area contributed by atoms with Gasteiger partial charge in [-0.1, -0.05) is 25.7 Å². The Balaban J connectivity index is 3.45. The summed E-state index contributed by atoms with van der Waals surface area (Å²) in [5.74, 6) is 5.02. The molecule has 12 heavy (non-hydrogen) atoms. The first-order valence-electron chi connectivity index (χ1n) is 3.79. The number of hydrogen-bond donors (Lipinski definition) is 0. The van der Waals surface area contributed by atoms with Crippen molar-refractivity contribution in [2.75, 3.05) is 20.3 Å². The molecule has 0 bridgehead atoms. The van der Waals surface area contributed by atoms with Crippen molar-refractivity contribution in [1.29, 1.82) is 0 Å². The third-order valence-electron chi connectivity index (χ3n) is 1.10. The average molecular weight is 170 g/mol. The Morgan fingerprint density at radius 3 is 2.42 bits per heavy atom. The molecule has 0 atom stereocenters. The van der Waals surface area contributed by atoms with Crippen molar-refractivity contribution in [3.63, 3.8) is 0 Å². The van der Waals surface area contributed by atoms with Gasteiger partial charge in [-0.05, 0) is 0 Å². The van der Waals surface area contributed by atoms with Crippen molar-refractivity contribution < 1.29 is 14.3 Å². The lowest BCUT2D eigenvalue weighted by atomic mass is 10.2. The number of esters is 1. The van der Waals surface area contributed by atoms with E-state index in [0.29, 0.717) is 6.61 Å². The zero-order valence-electron chi connectivity index (χ0n) is 7.72. The monoisotopic (exact) mass is 170 g/mol. The van der Waals surface area contributed by atoms with Gasteiger partial charge in [0.25, 0.3) is 0 Å². The summed E-state index contributed by atoms with van der Waals surface area (Å²) in [5, 5.41) is 0. The smallest absolute Gasteiger partial charge is 0.309 e. The maximum Gasteiger partial charge on any atom is 0.309 e. The summed E-state index contributed by atoms with van der Waals surface area (Å²) >= 11 is 0. The van der Waals surface area contributed by atoms with E-state index in [0.717, 1.165) is 0 Å². The van der Waals surface area contributed by atoms with Gasteiger partial charge in [0.05, 0.1) is 5.92 Å². The normalized spacial score (nSPS) is 9.00. The molecule has 0 saturated carbocycles. The highest BCUT2D eigenvalue weighted by atomic mass is 16.5. The van der Waals surface area contributed by atoms with Crippen LogP contribution in [0.1, 0.15) is 13.8 Å². The Labute approximate surface area is 73.0 Å². The van der Waals surface area contributed by atoms with E-state index in [1.807, 2.05) is 0 Å². The predicted octanol–water partition coefficient (Wildman–Crippen LogP) is 0.835. The lowest BCUT2D eigenvalue weighted by Gasteiger charge is -2.01. The minimum absolute atomic E-state index is 0.0887. The summed E-state index contributed by atoms with van der Waals surface area (Å²) < 4.78 is 9.46. The van der Waals surface area contributed by atoms with Gasteiger partial charge in [0.2, 0.25) is 0 Å². The lowest BCUT2D eigenvalue weighted by Crippen LogP contribution is -2.11. The van der Waals surface area contributed by atoms with Crippen LogP contribution in [0.4, 0.5) is 0 Å². The van der Waals surface area contributed by atoms with Crippen molar-refractivity contribution in [2.45, 2.75) is 13.8 Å². The molecule has 3 nitrogen and oxygen atoms in total. The Kier molecular flexibility index (Phi) is 6.12. The lowest BCUT2D eigenvalue weighted by molar-refractivity contribution is -0.145. The summed E-state index contributed by atoms with van der Waals surface area (Å²) in [6.45, 7) is 4.09. The maximum atomic E-state index is 10.9. The van der Waals surface area contributed by atoms with Crippen LogP contribution in [-0.2, 0) is 14.3 Å². The second-order valence-electron chi connectivity index (χ2n) is 2.55. The van der Waals surface area contributed by atoms with E-state index in [4.69, 9.17) is 4.74 Å². The molecule has 0 radical (unpaired) electrons. The highest BCUT2D eigenvalue weighted by Gasteiger charge is 2.05. The molecule has 0 aliphatic carbocycles. The van der Waals surface area contributed by atoms with Crippen molar-refractivity contribution >= 4 is 5.97 Å². The summed E-state index contributed by atoms with van der Waals surface area (Å²) in [6.07, 6.45) is 0. The molecule has 0 fully saturated rings. The topological polar surface area (TPSA) is 35.5 Å². The largest absolute Gasteiger partial charge is 0.452 e. The van der Waals surface area contributed by atoms with Crippen molar-refractivity contribution in [3.05, 3.63) is 0 Å². The fourth-order valence-electron chi connectivity index (χ4n) is 0.448. The average Bonchev–Trinajstić information content (AvgIpc) is 2.03. The quantitative estimate of drug-likeness (QED) is 0.465. The zero-order chi connectivity index (χ0) is 9.40. The number of methoxy groups -OCH3 is 1. The maximum absolute atomic E-state index is 10.9. The van der Waals surface area contributed by atoms with E-state index in [9.17, 15) is 4.79 Å². The molecule has 0 unspecified atom stereocenters. The first-order chi connectivity index (χ1) is 5.68. The van der Waals surface area contributed by atoms with Crippen LogP contribution in [0.15, 0.2) is 0 Å². The van der Waals surface area contributed by atoms with Crippen molar-refractivity contribution in [3.8, 4) is 11.8 Å². The predicted molar refractivity (Wildman–Crippen MR) is 45.4 cm³/mol. The molecule has 0 aliphatic heterocycles. The molecule has 68 valence electrons. The Hall–Kier alpha value is -1.01. The molecule has 0 rings (SSSR count). The molecule has 0 aromatic heterocycles. The van der Waals surface area contributed by atoms with Gasteiger partial charge in [0.1, 0.15) is 6.61 Å². The van der Waals surface area contributed by atoms with E-state index in [-0.39, 0.29) is 18.5 Å². The van der Waals surface area contributed by atoms with Crippen LogP contribution >= 0.6 is 0 Å². The Morgan fingerprint density at radius 1 is 1.33 bits per heavy atom. The van der Waals surface area contributed by atoms with Gasteiger partial charge in [-0.3, -0.25) is 4.79 Å². The SMILES string of the molecule is COCC#CCOC(=O)C(C)C. The van der Waals surface area contributed by atoms with Gasteiger partial charge in [0, 0.05) is 7.11 Å². The minimum Gasteiger partial charge on any atom is -0.452 e. The molecule has 0 aliphatic rings. The summed E-state index contributed by atoms with van der Waals surface area (Å²) in [4.78, 5) is 10.9. The van der Waals surface area contributed by atoms with Gasteiger partial charge in [-0.15, -0.1) is 0 Å². The van der Waals surface area contributed by atoms with Gasteiger partial charge in [0.15, 0.2) is 6.61 Å². The van der Waals surface area contributed by atoms with Gasteiger partial charge in [-0.2, -0.15) is 0 Å². The molecule has 0 spiro atoms. The van der Waals surface area contributed by atoms with E-state index in [1.54, 1.807) is 21.0 Å². The van der Waals surface area contributed by atoms with Gasteiger partial charge in [-0.25, -0.2) is 0 Å². The molecule has 3 heteroatoms. The fraction of sp³-hybridized carbons (Fsp3) is 0.667. The molecule has 0 N–H and O–H groups in total. The molecule has 0 aromatic carbocycles. The van der Waals surface area contributed by atoms with E-state index in [2.05, 4.69) is 16.6 Å². The van der Waals surface area contributed by atoms with Crippen LogP contribution in [0.3, 0.4) is 0 Å². The number of carbonyl (C=O) groups excluding carboxylic acids is 1. The number of carbonyl (C=O) groups is 1. The summed E-state index contributed by atoms with van der Waals surface area (Å²) in [5.41, 5.74) is 0. The van der Waals surface area contributed by atoms with Gasteiger partial charge >= 0.3 is 5.97 Å². The third kappa shape index (κ3) is 5.75. The molecule has 0 saturated heterocycles. The zero-order valence-corrected chi connectivity index (χ0v) is 7.72. The van der Waals surface area contributed by atoms with Crippen molar-refractivity contribution in [2.24, 2.45) is 5.92 Å². The first-order valence-corrected chi connectivity index (χ1v) is 3.79. The number of ether oxygens (including phenoxy) is 2. The standard InChI is InChI=1S/C9H14O3/c1-8(2)9(10)12-7-5-4-6-11-3/h8H,6-7H2,1-3H3. The Bertz CT molecular complexity index is 186. The van der Waals surface area contributed by atoms with Crippen LogP contribution in [0.2, 0.25) is 0 Å². The summed E-state index contributed by atoms with van der Waals surface area (Å²) in [6, 6.07) is 0. The van der Waals surface area contributed by atoms with Crippen molar-refractivity contribution in [1.82, 2.24) is 0 Å². The molecule has 0 aromatic rings. The van der Waals surface area contributed by atoms with Crippen LogP contribution in [0.5, 0.6) is 0 Å². The third-order valence-corrected chi connectivity index (χ3v) is 1.10. The number of hydrogen-bond acceptors (Lipinski definition) is 3. The Morgan fingerprint density at radius 2 is 1.92 bits per heavy atom. The van der Waals surface area contributed by atoms with Crippen LogP contribution in [-0.4, -0.2) is 26.3 Å². The van der Waals surface area contributed by atoms with E-state index < -0.39 is 0 Å². The molecular formula is C9H14O3. The summed E-state index contributed by atoms with van der Waals surface area (Å²) in [7, 11) is 1.56. The second-order valence-corrected chi connectivity index (χ2v) is 2.55. The van der Waals surface area contributed by atoms with Gasteiger partial charge < -0.3 is 9.47 Å². The van der Waals surface area contributed by atoms with E-state index in [1.165, 1.54) is 0 Å². The molecular weight excluding hydrogens is 156 g/mol. The highest BCUT2D eigenvalue weighted by Crippen LogP contribution is 1.94. The second kappa shape index (κ2) is 6.68. The van der Waals surface area contributed by atoms with Crippen LogP contribution in [0.25, 0.3) is 0 Å². The first kappa shape index (κ1) is 11.0. The highest BCUT2D eigenvalue weighted by molar-refractivity contribution is 5.71. The molecule has 0 heterocycles. The number of rotatable bonds is 3. The van der Waals surface area contributed by atoms with Crippen LogP contribution < -0.4 is 0 Å². The fourth-order valence-corrected chi connectivity index (χ4v) is 0.448. The minimum atomic E-state index is -0.221. The molecule has 0 amide bonds.